The molecule has 25 heavy (non-hydrogen) atoms. The van der Waals surface area contributed by atoms with Crippen molar-refractivity contribution in [3.63, 3.8) is 0 Å². The summed E-state index contributed by atoms with van der Waals surface area (Å²) in [7, 11) is 0. The van der Waals surface area contributed by atoms with Gasteiger partial charge in [-0.15, -0.1) is 0 Å². The third kappa shape index (κ3) is 3.05. The van der Waals surface area contributed by atoms with Crippen molar-refractivity contribution >= 4 is 17.4 Å². The molecule has 0 fully saturated rings. The molecule has 0 bridgehead atoms. The van der Waals surface area contributed by atoms with Crippen LogP contribution in [0.25, 0.3) is 0 Å². The van der Waals surface area contributed by atoms with Crippen LogP contribution in [0.3, 0.4) is 0 Å². The smallest absolute Gasteiger partial charge is 0.267 e. The Labute approximate surface area is 143 Å². The van der Waals surface area contributed by atoms with E-state index in [4.69, 9.17) is 4.74 Å². The van der Waals surface area contributed by atoms with Crippen molar-refractivity contribution in [1.82, 2.24) is 9.78 Å². The minimum atomic E-state index is -0.261. The average Bonchev–Trinajstić information content (AvgIpc) is 2.61. The molecule has 7 nitrogen and oxygen atoms in total. The monoisotopic (exact) mass is 339 g/mol. The second kappa shape index (κ2) is 6.16. The zero-order valence-corrected chi connectivity index (χ0v) is 13.6. The number of fused-ring (bicyclic) bond motifs is 2. The van der Waals surface area contributed by atoms with Crippen LogP contribution in [0.4, 0.5) is 5.69 Å². The van der Waals surface area contributed by atoms with Crippen LogP contribution in [0.15, 0.2) is 29.1 Å². The molecule has 4 rings (SSSR count). The van der Waals surface area contributed by atoms with Crippen LogP contribution in [0.1, 0.15) is 34.5 Å². The molecule has 0 radical (unpaired) electrons. The van der Waals surface area contributed by atoms with Gasteiger partial charge in [0, 0.05) is 11.6 Å². The molecule has 1 aromatic carbocycles. The summed E-state index contributed by atoms with van der Waals surface area (Å²) in [5, 5.41) is 7.04. The first-order valence-corrected chi connectivity index (χ1v) is 8.30. The molecule has 1 aliphatic carbocycles. The van der Waals surface area contributed by atoms with Gasteiger partial charge in [0.1, 0.15) is 12.3 Å². The van der Waals surface area contributed by atoms with Crippen LogP contribution >= 0.6 is 0 Å². The Bertz CT molecular complexity index is 932. The highest BCUT2D eigenvalue weighted by atomic mass is 16.5. The summed E-state index contributed by atoms with van der Waals surface area (Å²) in [6.45, 7) is -0.158. The van der Waals surface area contributed by atoms with E-state index in [-0.39, 0.29) is 30.4 Å². The third-order valence-electron chi connectivity index (χ3n) is 4.50. The molecule has 0 saturated heterocycles. The number of amides is 1. The molecule has 0 unspecified atom stereocenters. The lowest BCUT2D eigenvalue weighted by Gasteiger charge is -2.18. The maximum atomic E-state index is 12.5. The van der Waals surface area contributed by atoms with Gasteiger partial charge in [0.25, 0.3) is 11.5 Å². The summed E-state index contributed by atoms with van der Waals surface area (Å²) in [5.74, 6) is 0.0258. The third-order valence-corrected chi connectivity index (χ3v) is 4.50. The minimum absolute atomic E-state index is 0.0330. The number of hydrogen-bond acceptors (Lipinski definition) is 5. The Morgan fingerprint density at radius 3 is 2.92 bits per heavy atom. The molecule has 1 aromatic heterocycles. The number of aromatic nitrogens is 2. The van der Waals surface area contributed by atoms with Gasteiger partial charge in [-0.1, -0.05) is 0 Å². The molecule has 2 aliphatic rings. The number of anilines is 1. The fourth-order valence-electron chi connectivity index (χ4n) is 3.20. The van der Waals surface area contributed by atoms with E-state index in [1.54, 1.807) is 24.3 Å². The SMILES string of the molecule is O=C1COc2ccc(C(=O)Cn3nc4c(cc3=O)CCCC4)cc2N1. The number of hydrogen-bond donors (Lipinski definition) is 1. The highest BCUT2D eigenvalue weighted by Gasteiger charge is 2.19. The van der Waals surface area contributed by atoms with E-state index >= 15 is 0 Å². The van der Waals surface area contributed by atoms with Crippen molar-refractivity contribution in [2.75, 3.05) is 11.9 Å². The van der Waals surface area contributed by atoms with Gasteiger partial charge in [-0.05, 0) is 49.4 Å². The number of ketones is 1. The maximum absolute atomic E-state index is 12.5. The lowest BCUT2D eigenvalue weighted by atomic mass is 9.97. The predicted molar refractivity (Wildman–Crippen MR) is 90.0 cm³/mol. The number of benzene rings is 1. The maximum Gasteiger partial charge on any atom is 0.267 e. The Hall–Kier alpha value is -2.96. The number of nitrogens with one attached hydrogen (secondary N) is 1. The Morgan fingerprint density at radius 2 is 2.04 bits per heavy atom. The van der Waals surface area contributed by atoms with Crippen molar-refractivity contribution in [2.24, 2.45) is 0 Å². The molecular weight excluding hydrogens is 322 g/mol. The number of aryl methyl sites for hydroxylation is 2. The highest BCUT2D eigenvalue weighted by Crippen LogP contribution is 2.28. The van der Waals surface area contributed by atoms with Gasteiger partial charge in [-0.3, -0.25) is 14.4 Å². The predicted octanol–water partition coefficient (Wildman–Crippen LogP) is 1.34. The number of carbonyl (C=O) groups is 2. The van der Waals surface area contributed by atoms with Crippen molar-refractivity contribution in [3.8, 4) is 5.75 Å². The summed E-state index contributed by atoms with van der Waals surface area (Å²) in [6, 6.07) is 6.43. The van der Waals surface area contributed by atoms with Crippen LogP contribution in [-0.2, 0) is 24.2 Å². The standard InChI is InChI=1S/C18H17N3O4/c22-15(12-5-6-16-14(7-12)19-17(23)10-25-16)9-21-18(24)8-11-3-1-2-4-13(11)20-21/h5-8H,1-4,9-10H2,(H,19,23). The largest absolute Gasteiger partial charge is 0.482 e. The molecule has 7 heteroatoms. The molecule has 2 aromatic rings. The molecule has 1 N–H and O–H groups in total. The van der Waals surface area contributed by atoms with E-state index < -0.39 is 0 Å². The van der Waals surface area contributed by atoms with Crippen molar-refractivity contribution in [2.45, 2.75) is 32.2 Å². The molecular formula is C18H17N3O4. The Balaban J connectivity index is 1.59. The average molecular weight is 339 g/mol. The van der Waals surface area contributed by atoms with Gasteiger partial charge >= 0.3 is 0 Å². The van der Waals surface area contributed by atoms with Crippen LogP contribution in [0.5, 0.6) is 5.75 Å². The van der Waals surface area contributed by atoms with Gasteiger partial charge in [-0.25, -0.2) is 4.68 Å². The lowest BCUT2D eigenvalue weighted by molar-refractivity contribution is -0.118. The molecule has 2 heterocycles. The van der Waals surface area contributed by atoms with Crippen LogP contribution in [0, 0.1) is 0 Å². The summed E-state index contributed by atoms with van der Waals surface area (Å²) in [4.78, 5) is 36.2. The van der Waals surface area contributed by atoms with Crippen LogP contribution in [-0.4, -0.2) is 28.1 Å². The first-order chi connectivity index (χ1) is 12.1. The van der Waals surface area contributed by atoms with Crippen LogP contribution < -0.4 is 15.6 Å². The molecule has 1 amide bonds. The second-order valence-electron chi connectivity index (χ2n) is 6.29. The van der Waals surface area contributed by atoms with Gasteiger partial charge in [0.2, 0.25) is 0 Å². The molecule has 128 valence electrons. The summed E-state index contributed by atoms with van der Waals surface area (Å²) < 4.78 is 6.50. The van der Waals surface area contributed by atoms with Crippen molar-refractivity contribution < 1.29 is 14.3 Å². The Kier molecular flexibility index (Phi) is 3.83. The minimum Gasteiger partial charge on any atom is -0.482 e. The van der Waals surface area contributed by atoms with Crippen molar-refractivity contribution in [3.05, 3.63) is 51.4 Å². The van der Waals surface area contributed by atoms with E-state index in [0.717, 1.165) is 36.9 Å². The first-order valence-electron chi connectivity index (χ1n) is 8.30. The van der Waals surface area contributed by atoms with Gasteiger partial charge < -0.3 is 10.1 Å². The zero-order valence-electron chi connectivity index (χ0n) is 13.6. The van der Waals surface area contributed by atoms with Crippen LogP contribution in [0.2, 0.25) is 0 Å². The summed E-state index contributed by atoms with van der Waals surface area (Å²) >= 11 is 0. The second-order valence-corrected chi connectivity index (χ2v) is 6.29. The summed E-state index contributed by atoms with van der Waals surface area (Å²) in [6.07, 6.45) is 3.83. The Morgan fingerprint density at radius 1 is 1.20 bits per heavy atom. The normalized spacial score (nSPS) is 15.6. The van der Waals surface area contributed by atoms with E-state index in [1.807, 2.05) is 0 Å². The fraction of sp³-hybridized carbons (Fsp3) is 0.333. The molecule has 0 spiro atoms. The van der Waals surface area contributed by atoms with E-state index in [9.17, 15) is 14.4 Å². The molecule has 0 atom stereocenters. The molecule has 0 saturated carbocycles. The molecule has 1 aliphatic heterocycles. The van der Waals surface area contributed by atoms with Gasteiger partial charge in [0.05, 0.1) is 11.4 Å². The number of ether oxygens (including phenoxy) is 1. The summed E-state index contributed by atoms with van der Waals surface area (Å²) in [5.41, 5.74) is 2.51. The number of nitrogens with zero attached hydrogens (tertiary/aromatic N) is 2. The topological polar surface area (TPSA) is 90.3 Å². The zero-order chi connectivity index (χ0) is 17.4. The van der Waals surface area contributed by atoms with E-state index in [1.165, 1.54) is 4.68 Å². The fourth-order valence-corrected chi connectivity index (χ4v) is 3.20. The number of Topliss-reactive ketones (excluding diaryl/α,β-unsaturated/α-hetero) is 1. The number of rotatable bonds is 3. The van der Waals surface area contributed by atoms with Crippen molar-refractivity contribution in [1.29, 1.82) is 0 Å². The lowest BCUT2D eigenvalue weighted by Crippen LogP contribution is -2.29. The van der Waals surface area contributed by atoms with E-state index in [2.05, 4.69) is 10.4 Å². The highest BCUT2D eigenvalue weighted by molar-refractivity contribution is 6.00. The van der Waals surface area contributed by atoms with E-state index in [0.29, 0.717) is 17.0 Å². The quantitative estimate of drug-likeness (QED) is 0.852. The van der Waals surface area contributed by atoms with Gasteiger partial charge in [-0.2, -0.15) is 5.10 Å². The van der Waals surface area contributed by atoms with Gasteiger partial charge in [0.15, 0.2) is 12.4 Å². The first kappa shape index (κ1) is 15.6. The number of carbonyl (C=O) groups excluding carboxylic acids is 2.